The third-order valence-electron chi connectivity index (χ3n) is 8.63. The second-order valence-electron chi connectivity index (χ2n) is 13.6. The lowest BCUT2D eigenvalue weighted by Crippen LogP contribution is -2.59. The van der Waals surface area contributed by atoms with Gasteiger partial charge in [0.2, 0.25) is 41.4 Å². The number of carbonyl (C=O) groups excluding carboxylic acids is 7. The number of rotatable bonds is 22. The second kappa shape index (κ2) is 21.4. The van der Waals surface area contributed by atoms with E-state index in [0.717, 1.165) is 16.5 Å². The summed E-state index contributed by atoms with van der Waals surface area (Å²) >= 11 is 1.44. The van der Waals surface area contributed by atoms with Gasteiger partial charge < -0.3 is 43.0 Å². The molecule has 0 aliphatic carbocycles. The van der Waals surface area contributed by atoms with Crippen LogP contribution in [-0.2, 0) is 46.4 Å². The molecule has 15 nitrogen and oxygen atoms in total. The monoisotopic (exact) mass is 764 g/mol. The van der Waals surface area contributed by atoms with Crippen molar-refractivity contribution >= 4 is 64.0 Å². The van der Waals surface area contributed by atoms with Crippen molar-refractivity contribution in [3.05, 3.63) is 71.9 Å². The molecular formula is C38H52N8O7S. The zero-order valence-corrected chi connectivity index (χ0v) is 31.9. The summed E-state index contributed by atoms with van der Waals surface area (Å²) in [6.07, 6.45) is 3.67. The molecule has 292 valence electrons. The maximum atomic E-state index is 14.0. The van der Waals surface area contributed by atoms with Crippen LogP contribution in [0.5, 0.6) is 0 Å². The van der Waals surface area contributed by atoms with E-state index in [0.29, 0.717) is 17.7 Å². The number of primary amides is 2. The van der Waals surface area contributed by atoms with Crippen molar-refractivity contribution in [1.29, 1.82) is 0 Å². The van der Waals surface area contributed by atoms with E-state index in [2.05, 4.69) is 31.6 Å². The van der Waals surface area contributed by atoms with Gasteiger partial charge in [0.15, 0.2) is 0 Å². The number of amides is 7. The van der Waals surface area contributed by atoms with Gasteiger partial charge in [-0.3, -0.25) is 33.6 Å². The molecule has 1 heterocycles. The molecule has 1 aromatic heterocycles. The Morgan fingerprint density at radius 2 is 1.24 bits per heavy atom. The van der Waals surface area contributed by atoms with Crippen molar-refractivity contribution in [3.63, 3.8) is 0 Å². The highest BCUT2D eigenvalue weighted by molar-refractivity contribution is 7.98. The minimum atomic E-state index is -1.35. The highest BCUT2D eigenvalue weighted by Crippen LogP contribution is 2.20. The summed E-state index contributed by atoms with van der Waals surface area (Å²) in [4.78, 5) is 94.4. The van der Waals surface area contributed by atoms with E-state index < -0.39 is 71.6 Å². The normalized spacial score (nSPS) is 13.9. The van der Waals surface area contributed by atoms with Crippen LogP contribution < -0.4 is 38.1 Å². The number of carbonyl (C=O) groups is 7. The first-order valence-corrected chi connectivity index (χ1v) is 19.2. The molecule has 2 aromatic carbocycles. The standard InChI is InChI=1S/C38H52N8O7S/c1-22(2)18-31(42-23(3)47)37(52)44-29(16-17-54-4)36(51)43-28(14-15-33(39)48)35(50)46-32(20-25-21-41-27-13-9-8-12-26(25)27)38(53)45-30(34(40)49)19-24-10-6-5-7-11-24/h5-13,21-22,28-32,41H,14-20H2,1-4H3,(H2,39,48)(H2,40,49)(H,42,47)(H,43,51)(H,44,52)(H,45,53)(H,46,50)/t28-,29-,30-,31-,32-/m0/s1. The van der Waals surface area contributed by atoms with E-state index in [4.69, 9.17) is 11.5 Å². The Bertz CT molecular complexity index is 1770. The maximum absolute atomic E-state index is 14.0. The highest BCUT2D eigenvalue weighted by atomic mass is 32.2. The Balaban J connectivity index is 1.90. The van der Waals surface area contributed by atoms with Gasteiger partial charge in [-0.15, -0.1) is 0 Å². The molecule has 3 rings (SSSR count). The number of nitrogens with one attached hydrogen (secondary N) is 6. The Morgan fingerprint density at radius 3 is 1.83 bits per heavy atom. The zero-order valence-electron chi connectivity index (χ0n) is 31.1. The van der Waals surface area contributed by atoms with Crippen LogP contribution in [0.3, 0.4) is 0 Å². The molecule has 0 fully saturated rings. The van der Waals surface area contributed by atoms with Gasteiger partial charge in [-0.25, -0.2) is 0 Å². The molecule has 0 aliphatic heterocycles. The minimum absolute atomic E-state index is 0.0122. The number of nitrogens with two attached hydrogens (primary N) is 2. The molecule has 0 unspecified atom stereocenters. The number of hydrogen-bond donors (Lipinski definition) is 8. The molecule has 16 heteroatoms. The SMILES string of the molecule is CSCC[C@H](NC(=O)[C@H](CC(C)C)NC(C)=O)C(=O)N[C@@H](CCC(N)=O)C(=O)N[C@@H](Cc1c[nH]c2ccccc12)C(=O)N[C@@H](Cc1ccccc1)C(N)=O. The first-order valence-electron chi connectivity index (χ1n) is 17.8. The molecule has 0 saturated heterocycles. The van der Waals surface area contributed by atoms with Crippen molar-refractivity contribution in [3.8, 4) is 0 Å². The molecule has 0 spiro atoms. The van der Waals surface area contributed by atoms with E-state index >= 15 is 0 Å². The topological polar surface area (TPSA) is 247 Å². The van der Waals surface area contributed by atoms with Crippen LogP contribution >= 0.6 is 11.8 Å². The Kier molecular flexibility index (Phi) is 17.0. The number of hydrogen-bond acceptors (Lipinski definition) is 8. The van der Waals surface area contributed by atoms with E-state index in [1.54, 1.807) is 30.5 Å². The molecule has 0 saturated carbocycles. The molecule has 54 heavy (non-hydrogen) atoms. The Hall–Kier alpha value is -5.38. The molecule has 0 bridgehead atoms. The Morgan fingerprint density at radius 1 is 0.685 bits per heavy atom. The van der Waals surface area contributed by atoms with Crippen LogP contribution in [-0.4, -0.2) is 88.6 Å². The van der Waals surface area contributed by atoms with Crippen molar-refractivity contribution in [2.75, 3.05) is 12.0 Å². The maximum Gasteiger partial charge on any atom is 0.243 e. The van der Waals surface area contributed by atoms with Crippen LogP contribution in [0.4, 0.5) is 0 Å². The first kappa shape index (κ1) is 43.0. The lowest BCUT2D eigenvalue weighted by atomic mass is 10.0. The molecule has 10 N–H and O–H groups in total. The van der Waals surface area contributed by atoms with Crippen LogP contribution in [0.15, 0.2) is 60.8 Å². The first-order chi connectivity index (χ1) is 25.7. The van der Waals surface area contributed by atoms with Gasteiger partial charge in [-0.05, 0) is 54.4 Å². The molecule has 5 atom stereocenters. The number of para-hydroxylation sites is 1. The molecule has 3 aromatic rings. The van der Waals surface area contributed by atoms with Crippen LogP contribution in [0.1, 0.15) is 57.6 Å². The second-order valence-corrected chi connectivity index (χ2v) is 14.6. The van der Waals surface area contributed by atoms with E-state index in [1.807, 2.05) is 50.4 Å². The summed E-state index contributed by atoms with van der Waals surface area (Å²) in [6.45, 7) is 5.08. The van der Waals surface area contributed by atoms with Crippen molar-refractivity contribution < 1.29 is 33.6 Å². The largest absolute Gasteiger partial charge is 0.370 e. The predicted octanol–water partition coefficient (Wildman–Crippen LogP) is 0.947. The van der Waals surface area contributed by atoms with Gasteiger partial charge in [0.25, 0.3) is 0 Å². The molecule has 0 aliphatic rings. The van der Waals surface area contributed by atoms with Gasteiger partial charge in [0.05, 0.1) is 0 Å². The Labute approximate surface area is 319 Å². The fourth-order valence-electron chi connectivity index (χ4n) is 5.90. The lowest BCUT2D eigenvalue weighted by molar-refractivity contribution is -0.135. The molecular weight excluding hydrogens is 713 g/mol. The van der Waals surface area contributed by atoms with Crippen LogP contribution in [0.2, 0.25) is 0 Å². The smallest absolute Gasteiger partial charge is 0.243 e. The van der Waals surface area contributed by atoms with Crippen molar-refractivity contribution in [1.82, 2.24) is 31.6 Å². The van der Waals surface area contributed by atoms with Crippen molar-refractivity contribution in [2.45, 2.75) is 89.5 Å². The number of H-pyrrole nitrogens is 1. The van der Waals surface area contributed by atoms with E-state index in [-0.39, 0.29) is 38.0 Å². The molecule has 7 amide bonds. The molecule has 0 radical (unpaired) electrons. The van der Waals surface area contributed by atoms with Gasteiger partial charge in [-0.2, -0.15) is 11.8 Å². The number of fused-ring (bicyclic) bond motifs is 1. The van der Waals surface area contributed by atoms with Gasteiger partial charge in [-0.1, -0.05) is 62.4 Å². The van der Waals surface area contributed by atoms with E-state index in [9.17, 15) is 33.6 Å². The van der Waals surface area contributed by atoms with Gasteiger partial charge in [0.1, 0.15) is 30.2 Å². The lowest BCUT2D eigenvalue weighted by Gasteiger charge is -2.27. The highest BCUT2D eigenvalue weighted by Gasteiger charge is 2.33. The summed E-state index contributed by atoms with van der Waals surface area (Å²) < 4.78 is 0. The summed E-state index contributed by atoms with van der Waals surface area (Å²) in [6, 6.07) is 10.7. The predicted molar refractivity (Wildman–Crippen MR) is 208 cm³/mol. The quantitative estimate of drug-likeness (QED) is 0.0730. The van der Waals surface area contributed by atoms with Crippen molar-refractivity contribution in [2.24, 2.45) is 17.4 Å². The third-order valence-corrected chi connectivity index (χ3v) is 9.28. The number of aromatic nitrogens is 1. The minimum Gasteiger partial charge on any atom is -0.370 e. The van der Waals surface area contributed by atoms with Crippen LogP contribution in [0, 0.1) is 5.92 Å². The summed E-state index contributed by atoms with van der Waals surface area (Å²) in [7, 11) is 0. The third kappa shape index (κ3) is 13.9. The number of thioether (sulfide) groups is 1. The van der Waals surface area contributed by atoms with E-state index in [1.165, 1.54) is 18.7 Å². The van der Waals surface area contributed by atoms with Crippen LogP contribution in [0.25, 0.3) is 10.9 Å². The fourth-order valence-corrected chi connectivity index (χ4v) is 6.37. The zero-order chi connectivity index (χ0) is 39.8. The fraction of sp³-hybridized carbons (Fsp3) is 0.447. The average molecular weight is 765 g/mol. The van der Waals surface area contributed by atoms with Gasteiger partial charge in [0, 0.05) is 43.3 Å². The number of benzene rings is 2. The summed E-state index contributed by atoms with van der Waals surface area (Å²) in [5.41, 5.74) is 13.4. The number of aromatic amines is 1. The summed E-state index contributed by atoms with van der Waals surface area (Å²) in [5.74, 6) is -4.14. The summed E-state index contributed by atoms with van der Waals surface area (Å²) in [5, 5.41) is 14.2. The average Bonchev–Trinajstić information content (AvgIpc) is 3.53. The van der Waals surface area contributed by atoms with Gasteiger partial charge >= 0.3 is 0 Å².